The molecule has 100 valence electrons. The van der Waals surface area contributed by atoms with Crippen molar-refractivity contribution in [3.8, 4) is 12.3 Å². The molecule has 0 aromatic heterocycles. The molecule has 4 nitrogen and oxygen atoms in total. The quantitative estimate of drug-likeness (QED) is 0.301. The molecule has 1 aliphatic heterocycles. The van der Waals surface area contributed by atoms with Crippen LogP contribution in [-0.4, -0.2) is 31.1 Å². The van der Waals surface area contributed by atoms with E-state index in [1.165, 1.54) is 0 Å². The Hall–Kier alpha value is -1.31. The van der Waals surface area contributed by atoms with Crippen LogP contribution in [0.15, 0.2) is 12.7 Å². The molecule has 0 saturated carbocycles. The van der Waals surface area contributed by atoms with Crippen molar-refractivity contribution in [2.24, 2.45) is 0 Å². The Bertz CT molecular complexity index is 323. The van der Waals surface area contributed by atoms with E-state index >= 15 is 0 Å². The normalized spacial score (nSPS) is 18.9. The number of ether oxygens (including phenoxy) is 3. The van der Waals surface area contributed by atoms with Crippen molar-refractivity contribution >= 4 is 5.97 Å². The second kappa shape index (κ2) is 7.20. The minimum absolute atomic E-state index is 0.0795. The first-order chi connectivity index (χ1) is 8.62. The van der Waals surface area contributed by atoms with Gasteiger partial charge in [0.15, 0.2) is 11.9 Å². The second-order valence-corrected chi connectivity index (χ2v) is 4.26. The van der Waals surface area contributed by atoms with Gasteiger partial charge < -0.3 is 14.2 Å². The predicted octanol–water partition coefficient (Wildman–Crippen LogP) is 2.04. The largest absolute Gasteiger partial charge is 0.449 e. The summed E-state index contributed by atoms with van der Waals surface area (Å²) in [5.74, 6) is 1.12. The molecular weight excluding hydrogens is 232 g/mol. The highest BCUT2D eigenvalue weighted by molar-refractivity contribution is 5.71. The molecule has 1 atom stereocenters. The summed E-state index contributed by atoms with van der Waals surface area (Å²) in [7, 11) is 0. The molecule has 0 unspecified atom stereocenters. The number of carbonyl (C=O) groups excluding carboxylic acids is 1. The molecule has 1 rings (SSSR count). The van der Waals surface area contributed by atoms with Crippen molar-refractivity contribution in [3.63, 3.8) is 0 Å². The Labute approximate surface area is 108 Å². The summed E-state index contributed by atoms with van der Waals surface area (Å²) in [6, 6.07) is 0. The van der Waals surface area contributed by atoms with Gasteiger partial charge in [-0.05, 0) is 19.8 Å². The van der Waals surface area contributed by atoms with Gasteiger partial charge in [0.2, 0.25) is 0 Å². The van der Waals surface area contributed by atoms with Gasteiger partial charge in [0.25, 0.3) is 0 Å². The Morgan fingerprint density at radius 3 is 2.83 bits per heavy atom. The molecule has 0 bridgehead atoms. The molecule has 1 aliphatic rings. The Balaban J connectivity index is 2.49. The van der Waals surface area contributed by atoms with E-state index in [-0.39, 0.29) is 12.4 Å². The standard InChI is InChI=1S/C14H20O4/c1-4-6-7-8-14(16-9-10-17-14)11-13(15)18-12(3)5-2/h2,4,12H,1,6-11H2,3H3/t12-/m1/s1. The maximum atomic E-state index is 11.7. The molecule has 0 aromatic rings. The van der Waals surface area contributed by atoms with Crippen molar-refractivity contribution in [3.05, 3.63) is 12.7 Å². The maximum Gasteiger partial charge on any atom is 0.312 e. The molecule has 0 amide bonds. The Kier molecular flexibility index (Phi) is 5.90. The lowest BCUT2D eigenvalue weighted by atomic mass is 10.1. The van der Waals surface area contributed by atoms with Gasteiger partial charge in [0.1, 0.15) is 0 Å². The molecule has 0 aromatic carbocycles. The lowest BCUT2D eigenvalue weighted by Gasteiger charge is -2.26. The zero-order valence-electron chi connectivity index (χ0n) is 10.8. The number of hydrogen-bond donors (Lipinski definition) is 0. The maximum absolute atomic E-state index is 11.7. The van der Waals surface area contributed by atoms with E-state index in [0.717, 1.165) is 12.8 Å². The highest BCUT2D eigenvalue weighted by Crippen LogP contribution is 2.30. The third kappa shape index (κ3) is 4.52. The summed E-state index contributed by atoms with van der Waals surface area (Å²) < 4.78 is 16.2. The van der Waals surface area contributed by atoms with Crippen LogP contribution in [-0.2, 0) is 19.0 Å². The molecular formula is C14H20O4. The fourth-order valence-electron chi connectivity index (χ4n) is 1.84. The molecule has 0 spiro atoms. The third-order valence-corrected chi connectivity index (χ3v) is 2.74. The number of carbonyl (C=O) groups is 1. The van der Waals surface area contributed by atoms with Gasteiger partial charge in [-0.1, -0.05) is 12.0 Å². The lowest BCUT2D eigenvalue weighted by molar-refractivity contribution is -0.187. The Morgan fingerprint density at radius 1 is 1.61 bits per heavy atom. The summed E-state index contributed by atoms with van der Waals surface area (Å²) in [5, 5.41) is 0. The van der Waals surface area contributed by atoms with Crippen LogP contribution in [0.1, 0.15) is 32.6 Å². The number of terminal acetylenes is 1. The second-order valence-electron chi connectivity index (χ2n) is 4.26. The van der Waals surface area contributed by atoms with Gasteiger partial charge in [-0.2, -0.15) is 0 Å². The van der Waals surface area contributed by atoms with Crippen LogP contribution in [0.3, 0.4) is 0 Å². The summed E-state index contributed by atoms with van der Waals surface area (Å²) in [5.41, 5.74) is 0. The van der Waals surface area contributed by atoms with E-state index in [1.54, 1.807) is 6.92 Å². The van der Waals surface area contributed by atoms with Crippen molar-refractivity contribution in [1.29, 1.82) is 0 Å². The van der Waals surface area contributed by atoms with Crippen molar-refractivity contribution in [2.45, 2.75) is 44.5 Å². The highest BCUT2D eigenvalue weighted by Gasteiger charge is 2.39. The molecule has 4 heteroatoms. The first-order valence-electron chi connectivity index (χ1n) is 6.16. The highest BCUT2D eigenvalue weighted by atomic mass is 16.7. The van der Waals surface area contributed by atoms with Crippen LogP contribution in [0.5, 0.6) is 0 Å². The summed E-state index contributed by atoms with van der Waals surface area (Å²) >= 11 is 0. The number of unbranched alkanes of at least 4 members (excludes halogenated alkanes) is 1. The smallest absolute Gasteiger partial charge is 0.312 e. The van der Waals surface area contributed by atoms with E-state index in [1.807, 2.05) is 6.08 Å². The van der Waals surface area contributed by atoms with E-state index in [0.29, 0.717) is 19.6 Å². The molecule has 18 heavy (non-hydrogen) atoms. The average Bonchev–Trinajstić information content (AvgIpc) is 2.77. The van der Waals surface area contributed by atoms with Crippen LogP contribution >= 0.6 is 0 Å². The van der Waals surface area contributed by atoms with Crippen LogP contribution in [0.4, 0.5) is 0 Å². The monoisotopic (exact) mass is 252 g/mol. The van der Waals surface area contributed by atoms with Crippen molar-refractivity contribution < 1.29 is 19.0 Å². The SMILES string of the molecule is C#C[C@@H](C)OC(=O)CC1(CCCC=C)OCCO1. The molecule has 0 aliphatic carbocycles. The number of allylic oxidation sites excluding steroid dienone is 1. The minimum Gasteiger partial charge on any atom is -0.449 e. The van der Waals surface area contributed by atoms with Crippen LogP contribution < -0.4 is 0 Å². The van der Waals surface area contributed by atoms with Crippen molar-refractivity contribution in [2.75, 3.05) is 13.2 Å². The zero-order valence-corrected chi connectivity index (χ0v) is 10.8. The van der Waals surface area contributed by atoms with E-state index in [2.05, 4.69) is 12.5 Å². The summed E-state index contributed by atoms with van der Waals surface area (Å²) in [6.07, 6.45) is 8.93. The van der Waals surface area contributed by atoms with E-state index < -0.39 is 11.9 Å². The van der Waals surface area contributed by atoms with E-state index in [4.69, 9.17) is 20.6 Å². The van der Waals surface area contributed by atoms with Crippen LogP contribution in [0.25, 0.3) is 0 Å². The van der Waals surface area contributed by atoms with Gasteiger partial charge in [0.05, 0.1) is 19.6 Å². The zero-order chi connectivity index (χ0) is 13.4. The van der Waals surface area contributed by atoms with Gasteiger partial charge >= 0.3 is 5.97 Å². The first-order valence-corrected chi connectivity index (χ1v) is 6.16. The number of rotatable bonds is 7. The fraction of sp³-hybridized carbons (Fsp3) is 0.643. The van der Waals surface area contributed by atoms with Crippen LogP contribution in [0.2, 0.25) is 0 Å². The van der Waals surface area contributed by atoms with Gasteiger partial charge in [-0.15, -0.1) is 13.0 Å². The molecule has 1 heterocycles. The number of esters is 1. The number of hydrogen-bond acceptors (Lipinski definition) is 4. The molecule has 0 N–H and O–H groups in total. The van der Waals surface area contributed by atoms with Gasteiger partial charge in [0, 0.05) is 6.42 Å². The van der Waals surface area contributed by atoms with Gasteiger partial charge in [-0.3, -0.25) is 4.79 Å². The topological polar surface area (TPSA) is 44.8 Å². The predicted molar refractivity (Wildman–Crippen MR) is 67.7 cm³/mol. The van der Waals surface area contributed by atoms with E-state index in [9.17, 15) is 4.79 Å². The van der Waals surface area contributed by atoms with Crippen molar-refractivity contribution in [1.82, 2.24) is 0 Å². The molecule has 0 radical (unpaired) electrons. The van der Waals surface area contributed by atoms with Gasteiger partial charge in [-0.25, -0.2) is 0 Å². The fourth-order valence-corrected chi connectivity index (χ4v) is 1.84. The first kappa shape index (κ1) is 14.7. The summed E-state index contributed by atoms with van der Waals surface area (Å²) in [4.78, 5) is 11.7. The average molecular weight is 252 g/mol. The Morgan fingerprint density at radius 2 is 2.28 bits per heavy atom. The molecule has 1 fully saturated rings. The third-order valence-electron chi connectivity index (χ3n) is 2.74. The summed E-state index contributed by atoms with van der Waals surface area (Å²) in [6.45, 7) is 6.33. The minimum atomic E-state index is -0.839. The van der Waals surface area contributed by atoms with Crippen LogP contribution in [0, 0.1) is 12.3 Å². The lowest BCUT2D eigenvalue weighted by Crippen LogP contribution is -2.34. The molecule has 1 saturated heterocycles.